The van der Waals surface area contributed by atoms with E-state index in [2.05, 4.69) is 184 Å². The third-order valence-electron chi connectivity index (χ3n) is 11.6. The minimum atomic E-state index is -0.133. The third-order valence-corrected chi connectivity index (χ3v) is 12.8. The minimum Gasteiger partial charge on any atom is -0.135 e. The zero-order chi connectivity index (χ0) is 34.6. The van der Waals surface area contributed by atoms with Crippen molar-refractivity contribution in [3.05, 3.63) is 181 Å². The molecule has 0 aliphatic heterocycles. The van der Waals surface area contributed by atoms with Gasteiger partial charge in [0.15, 0.2) is 0 Å². The van der Waals surface area contributed by atoms with Crippen LogP contribution in [0, 0.1) is 0 Å². The summed E-state index contributed by atoms with van der Waals surface area (Å²) in [7, 11) is 0. The van der Waals surface area contributed by atoms with Crippen LogP contribution >= 0.6 is 11.3 Å². The van der Waals surface area contributed by atoms with E-state index in [0.29, 0.717) is 0 Å². The Morgan fingerprint density at radius 3 is 1.48 bits per heavy atom. The molecule has 0 saturated carbocycles. The quantitative estimate of drug-likeness (QED) is 0.163. The van der Waals surface area contributed by atoms with E-state index in [0.717, 1.165) is 0 Å². The lowest BCUT2D eigenvalue weighted by atomic mass is 9.80. The molecular weight excluding hydrogens is 645 g/mol. The van der Waals surface area contributed by atoms with Gasteiger partial charge >= 0.3 is 0 Å². The Balaban J connectivity index is 1.18. The van der Waals surface area contributed by atoms with E-state index in [-0.39, 0.29) is 5.41 Å². The Kier molecular flexibility index (Phi) is 6.27. The second-order valence-electron chi connectivity index (χ2n) is 14.8. The van der Waals surface area contributed by atoms with Crippen LogP contribution in [0.3, 0.4) is 0 Å². The van der Waals surface area contributed by atoms with Crippen molar-refractivity contribution >= 4 is 63.8 Å². The highest BCUT2D eigenvalue weighted by atomic mass is 32.1. The van der Waals surface area contributed by atoms with Crippen LogP contribution in [0.15, 0.2) is 170 Å². The molecule has 0 amide bonds. The fourth-order valence-electron chi connectivity index (χ4n) is 9.33. The summed E-state index contributed by atoms with van der Waals surface area (Å²) < 4.78 is 2.78. The van der Waals surface area contributed by atoms with Crippen LogP contribution < -0.4 is 0 Å². The molecule has 0 fully saturated rings. The van der Waals surface area contributed by atoms with E-state index < -0.39 is 0 Å². The first-order chi connectivity index (χ1) is 25.6. The summed E-state index contributed by atoms with van der Waals surface area (Å²) in [6.07, 6.45) is 0. The fraction of sp³-hybridized carbons (Fsp3) is 0.0588. The van der Waals surface area contributed by atoms with Crippen LogP contribution in [0.1, 0.15) is 25.0 Å². The smallest absolute Gasteiger partial charge is 0.0408 e. The van der Waals surface area contributed by atoms with Gasteiger partial charge in [0.25, 0.3) is 0 Å². The number of hydrogen-bond donors (Lipinski definition) is 0. The van der Waals surface area contributed by atoms with E-state index in [4.69, 9.17) is 0 Å². The average molecular weight is 679 g/mol. The van der Waals surface area contributed by atoms with Crippen LogP contribution in [0.2, 0.25) is 0 Å². The monoisotopic (exact) mass is 678 g/mol. The van der Waals surface area contributed by atoms with Crippen LogP contribution in [-0.2, 0) is 5.41 Å². The standard InChI is InChI=1S/C51H34S/c1-51(2)43-29-28-34(30-42(43)47-39-20-10-11-21-40(39)48-41-22-12-13-23-44(41)52-50(48)49(47)51)46-37-18-8-6-16-35(37)45(36-17-7-9-19-38(36)46)33-26-24-32(25-27-33)31-14-4-3-5-15-31/h3-30H,1-2H3. The van der Waals surface area contributed by atoms with Gasteiger partial charge in [-0.05, 0) is 100 Å². The van der Waals surface area contributed by atoms with E-state index in [1.807, 2.05) is 11.3 Å². The molecule has 10 aromatic rings. The zero-order valence-corrected chi connectivity index (χ0v) is 29.9. The summed E-state index contributed by atoms with van der Waals surface area (Å²) in [5.74, 6) is 0. The second kappa shape index (κ2) is 11.0. The normalized spacial score (nSPS) is 13.3. The van der Waals surface area contributed by atoms with Gasteiger partial charge in [0.2, 0.25) is 0 Å². The molecule has 1 heteroatoms. The fourth-order valence-corrected chi connectivity index (χ4v) is 10.8. The number of thiophene rings is 1. The molecule has 244 valence electrons. The maximum absolute atomic E-state index is 2.51. The van der Waals surface area contributed by atoms with Crippen molar-refractivity contribution in [3.8, 4) is 44.5 Å². The van der Waals surface area contributed by atoms with Gasteiger partial charge in [-0.25, -0.2) is 0 Å². The Morgan fingerprint density at radius 2 is 0.846 bits per heavy atom. The predicted octanol–water partition coefficient (Wildman–Crippen LogP) is 14.8. The summed E-state index contributed by atoms with van der Waals surface area (Å²) in [6.45, 7) is 4.86. The van der Waals surface area contributed by atoms with E-state index in [1.54, 1.807) is 0 Å². The van der Waals surface area contributed by atoms with Gasteiger partial charge in [-0.2, -0.15) is 0 Å². The third kappa shape index (κ3) is 4.09. The maximum atomic E-state index is 2.51. The summed E-state index contributed by atoms with van der Waals surface area (Å²) in [5, 5.41) is 10.6. The summed E-state index contributed by atoms with van der Waals surface area (Å²) in [5.41, 5.74) is 13.1. The predicted molar refractivity (Wildman–Crippen MR) is 226 cm³/mol. The van der Waals surface area contributed by atoms with Crippen molar-refractivity contribution in [2.45, 2.75) is 19.3 Å². The van der Waals surface area contributed by atoms with Gasteiger partial charge < -0.3 is 0 Å². The minimum absolute atomic E-state index is 0.133. The van der Waals surface area contributed by atoms with Crippen molar-refractivity contribution in [1.82, 2.24) is 0 Å². The Hall–Kier alpha value is -6.02. The molecule has 0 nitrogen and oxygen atoms in total. The topological polar surface area (TPSA) is 0 Å². The molecule has 9 aromatic carbocycles. The SMILES string of the molecule is CC1(C)c2ccc(-c3c4ccccc4c(-c4ccc(-c5ccccc5)cc4)c4ccccc34)cc2-c2c1c1sc3ccccc3c1c1ccccc21. The molecule has 1 heterocycles. The van der Waals surface area contributed by atoms with Crippen LogP contribution in [0.4, 0.5) is 0 Å². The van der Waals surface area contributed by atoms with Crippen molar-refractivity contribution in [3.63, 3.8) is 0 Å². The number of hydrogen-bond acceptors (Lipinski definition) is 1. The van der Waals surface area contributed by atoms with Gasteiger partial charge in [-0.3, -0.25) is 0 Å². The molecule has 1 aromatic heterocycles. The molecule has 0 atom stereocenters. The van der Waals surface area contributed by atoms with E-state index >= 15 is 0 Å². The maximum Gasteiger partial charge on any atom is 0.0408 e. The molecule has 0 radical (unpaired) electrons. The van der Waals surface area contributed by atoms with Crippen molar-refractivity contribution < 1.29 is 0 Å². The van der Waals surface area contributed by atoms with Crippen LogP contribution in [-0.4, -0.2) is 0 Å². The highest BCUT2D eigenvalue weighted by Gasteiger charge is 2.39. The molecule has 0 N–H and O–H groups in total. The molecule has 11 rings (SSSR count). The average Bonchev–Trinajstić information content (AvgIpc) is 3.69. The largest absolute Gasteiger partial charge is 0.135 e. The van der Waals surface area contributed by atoms with Crippen molar-refractivity contribution in [2.24, 2.45) is 0 Å². The lowest BCUT2D eigenvalue weighted by Crippen LogP contribution is -2.15. The summed E-state index contributed by atoms with van der Waals surface area (Å²) in [4.78, 5) is 0. The second-order valence-corrected chi connectivity index (χ2v) is 15.8. The first-order valence-electron chi connectivity index (χ1n) is 18.2. The lowest BCUT2D eigenvalue weighted by Gasteiger charge is -2.23. The summed E-state index contributed by atoms with van der Waals surface area (Å²) >= 11 is 1.96. The van der Waals surface area contributed by atoms with Crippen LogP contribution in [0.25, 0.3) is 97.0 Å². The molecule has 0 spiro atoms. The highest BCUT2D eigenvalue weighted by Crippen LogP contribution is 2.58. The molecular formula is C51H34S. The molecule has 1 aliphatic rings. The molecule has 0 unspecified atom stereocenters. The molecule has 52 heavy (non-hydrogen) atoms. The number of benzene rings is 9. The first kappa shape index (κ1) is 29.7. The van der Waals surface area contributed by atoms with Crippen molar-refractivity contribution in [2.75, 3.05) is 0 Å². The molecule has 0 saturated heterocycles. The van der Waals surface area contributed by atoms with E-state index in [1.165, 1.54) is 108 Å². The zero-order valence-electron chi connectivity index (χ0n) is 29.1. The van der Waals surface area contributed by atoms with Gasteiger partial charge in [0.05, 0.1) is 0 Å². The Labute approximate surface area is 307 Å². The molecule has 0 bridgehead atoms. The lowest BCUT2D eigenvalue weighted by molar-refractivity contribution is 0.667. The van der Waals surface area contributed by atoms with Crippen LogP contribution in [0.5, 0.6) is 0 Å². The van der Waals surface area contributed by atoms with Gasteiger partial charge in [-0.15, -0.1) is 11.3 Å². The first-order valence-corrected chi connectivity index (χ1v) is 19.0. The highest BCUT2D eigenvalue weighted by molar-refractivity contribution is 7.26. The number of fused-ring (bicyclic) bond motifs is 12. The van der Waals surface area contributed by atoms with Gasteiger partial charge in [-0.1, -0.05) is 172 Å². The molecule has 1 aliphatic carbocycles. The Bertz CT molecular complexity index is 3010. The number of rotatable bonds is 3. The van der Waals surface area contributed by atoms with E-state index in [9.17, 15) is 0 Å². The Morgan fingerprint density at radius 1 is 0.385 bits per heavy atom. The summed E-state index contributed by atoms with van der Waals surface area (Å²) in [6, 6.07) is 63.1. The van der Waals surface area contributed by atoms with Crippen molar-refractivity contribution in [1.29, 1.82) is 0 Å². The van der Waals surface area contributed by atoms with Gasteiger partial charge in [0, 0.05) is 25.6 Å². The van der Waals surface area contributed by atoms with Gasteiger partial charge in [0.1, 0.15) is 0 Å².